The van der Waals surface area contributed by atoms with Crippen molar-refractivity contribution in [2.45, 2.75) is 45.7 Å². The quantitative estimate of drug-likeness (QED) is 0.866. The molecule has 2 heterocycles. The Labute approximate surface area is 103 Å². The number of nitrogens with one attached hydrogen (secondary N) is 1. The van der Waals surface area contributed by atoms with Gasteiger partial charge in [-0.1, -0.05) is 0 Å². The monoisotopic (exact) mass is 234 g/mol. The Hall–Kier alpha value is -1.16. The lowest BCUT2D eigenvalue weighted by Gasteiger charge is -2.28. The fourth-order valence-electron chi connectivity index (χ4n) is 2.50. The van der Waals surface area contributed by atoms with Gasteiger partial charge in [0.2, 0.25) is 5.95 Å². The molecule has 4 heteroatoms. The van der Waals surface area contributed by atoms with Crippen molar-refractivity contribution in [3.8, 4) is 0 Å². The number of rotatable bonds is 4. The molecule has 94 valence electrons. The highest BCUT2D eigenvalue weighted by Crippen LogP contribution is 2.19. The predicted molar refractivity (Wildman–Crippen MR) is 70.1 cm³/mol. The Kier molecular flexibility index (Phi) is 3.94. The van der Waals surface area contributed by atoms with Gasteiger partial charge in [-0.15, -0.1) is 0 Å². The lowest BCUT2D eigenvalue weighted by Crippen LogP contribution is -2.39. The summed E-state index contributed by atoms with van der Waals surface area (Å²) in [5, 5.41) is 3.35. The zero-order valence-electron chi connectivity index (χ0n) is 11.0. The van der Waals surface area contributed by atoms with E-state index < -0.39 is 0 Å². The van der Waals surface area contributed by atoms with Gasteiger partial charge in [-0.05, 0) is 46.2 Å². The summed E-state index contributed by atoms with van der Waals surface area (Å²) in [6.45, 7) is 8.69. The Morgan fingerprint density at radius 1 is 1.53 bits per heavy atom. The Balaban J connectivity index is 1.89. The third kappa shape index (κ3) is 3.16. The van der Waals surface area contributed by atoms with Gasteiger partial charge in [0.1, 0.15) is 0 Å². The molecule has 17 heavy (non-hydrogen) atoms. The molecule has 0 amide bonds. The normalized spacial score (nSPS) is 21.1. The van der Waals surface area contributed by atoms with Gasteiger partial charge >= 0.3 is 0 Å². The summed E-state index contributed by atoms with van der Waals surface area (Å²) in [5.41, 5.74) is 1.01. The summed E-state index contributed by atoms with van der Waals surface area (Å²) >= 11 is 0. The van der Waals surface area contributed by atoms with Crippen LogP contribution < -0.4 is 5.32 Å². The Morgan fingerprint density at radius 2 is 2.35 bits per heavy atom. The van der Waals surface area contributed by atoms with E-state index in [1.54, 1.807) is 6.20 Å². The van der Waals surface area contributed by atoms with Gasteiger partial charge in [-0.25, -0.2) is 9.97 Å². The van der Waals surface area contributed by atoms with Crippen molar-refractivity contribution < 1.29 is 0 Å². The lowest BCUT2D eigenvalue weighted by atomic mass is 10.2. The lowest BCUT2D eigenvalue weighted by molar-refractivity contribution is 0.211. The molecule has 1 atom stereocenters. The molecule has 1 aliphatic heterocycles. The maximum Gasteiger partial charge on any atom is 0.222 e. The van der Waals surface area contributed by atoms with Crippen LogP contribution in [0.5, 0.6) is 0 Å². The van der Waals surface area contributed by atoms with E-state index in [9.17, 15) is 0 Å². The summed E-state index contributed by atoms with van der Waals surface area (Å²) in [7, 11) is 0. The summed E-state index contributed by atoms with van der Waals surface area (Å²) in [5.74, 6) is 0.751. The SMILES string of the molecule is Cc1ccnc(NC[C@@H]2CCCN2C(C)C)n1. The molecule has 1 fully saturated rings. The number of hydrogen-bond acceptors (Lipinski definition) is 4. The van der Waals surface area contributed by atoms with Gasteiger partial charge in [0, 0.05) is 30.5 Å². The zero-order chi connectivity index (χ0) is 12.3. The van der Waals surface area contributed by atoms with E-state index in [0.29, 0.717) is 12.1 Å². The minimum absolute atomic E-state index is 0.624. The van der Waals surface area contributed by atoms with Crippen LogP contribution >= 0.6 is 0 Å². The third-order valence-electron chi connectivity index (χ3n) is 3.38. The van der Waals surface area contributed by atoms with E-state index >= 15 is 0 Å². The minimum Gasteiger partial charge on any atom is -0.353 e. The predicted octanol–water partition coefficient (Wildman–Crippen LogP) is 2.07. The minimum atomic E-state index is 0.624. The van der Waals surface area contributed by atoms with Gasteiger partial charge in [0.15, 0.2) is 0 Å². The number of anilines is 1. The molecule has 1 aromatic rings. The van der Waals surface area contributed by atoms with Crippen molar-refractivity contribution in [3.63, 3.8) is 0 Å². The molecule has 0 radical (unpaired) electrons. The van der Waals surface area contributed by atoms with Gasteiger partial charge in [-0.2, -0.15) is 0 Å². The van der Waals surface area contributed by atoms with Crippen molar-refractivity contribution in [3.05, 3.63) is 18.0 Å². The number of hydrogen-bond donors (Lipinski definition) is 1. The maximum absolute atomic E-state index is 4.36. The first-order valence-corrected chi connectivity index (χ1v) is 6.46. The van der Waals surface area contributed by atoms with Gasteiger partial charge in [0.05, 0.1) is 0 Å². The Bertz CT molecular complexity index is 364. The van der Waals surface area contributed by atoms with Crippen LogP contribution in [0.2, 0.25) is 0 Å². The Morgan fingerprint density at radius 3 is 3.06 bits per heavy atom. The zero-order valence-corrected chi connectivity index (χ0v) is 11.0. The summed E-state index contributed by atoms with van der Waals surface area (Å²) < 4.78 is 0. The number of likely N-dealkylation sites (tertiary alicyclic amines) is 1. The van der Waals surface area contributed by atoms with Gasteiger partial charge in [-0.3, -0.25) is 4.90 Å². The van der Waals surface area contributed by atoms with Gasteiger partial charge in [0.25, 0.3) is 0 Å². The first kappa shape index (κ1) is 12.3. The molecule has 1 saturated heterocycles. The number of nitrogens with zero attached hydrogens (tertiary/aromatic N) is 3. The van der Waals surface area contributed by atoms with Crippen LogP contribution in [0.4, 0.5) is 5.95 Å². The van der Waals surface area contributed by atoms with Crippen LogP contribution in [-0.4, -0.2) is 40.0 Å². The summed E-state index contributed by atoms with van der Waals surface area (Å²) in [6, 6.07) is 3.17. The van der Waals surface area contributed by atoms with E-state index in [1.165, 1.54) is 19.4 Å². The van der Waals surface area contributed by atoms with E-state index in [-0.39, 0.29) is 0 Å². The molecule has 0 bridgehead atoms. The highest BCUT2D eigenvalue weighted by atomic mass is 15.2. The molecule has 0 saturated carbocycles. The molecule has 4 nitrogen and oxygen atoms in total. The van der Waals surface area contributed by atoms with Crippen LogP contribution in [0.3, 0.4) is 0 Å². The third-order valence-corrected chi connectivity index (χ3v) is 3.38. The van der Waals surface area contributed by atoms with Crippen molar-refractivity contribution in [2.24, 2.45) is 0 Å². The van der Waals surface area contributed by atoms with Crippen LogP contribution in [-0.2, 0) is 0 Å². The maximum atomic E-state index is 4.36. The highest BCUT2D eigenvalue weighted by molar-refractivity contribution is 5.25. The van der Waals surface area contributed by atoms with Crippen LogP contribution in [0.25, 0.3) is 0 Å². The topological polar surface area (TPSA) is 41.1 Å². The van der Waals surface area contributed by atoms with E-state index in [0.717, 1.165) is 18.2 Å². The van der Waals surface area contributed by atoms with E-state index in [2.05, 4.69) is 34.0 Å². The van der Waals surface area contributed by atoms with Gasteiger partial charge < -0.3 is 5.32 Å². The molecular formula is C13H22N4. The first-order chi connectivity index (χ1) is 8.16. The van der Waals surface area contributed by atoms with Crippen LogP contribution in [0.15, 0.2) is 12.3 Å². The molecular weight excluding hydrogens is 212 g/mol. The molecule has 0 aliphatic carbocycles. The van der Waals surface area contributed by atoms with E-state index in [4.69, 9.17) is 0 Å². The molecule has 1 N–H and O–H groups in total. The average molecular weight is 234 g/mol. The molecule has 0 spiro atoms. The van der Waals surface area contributed by atoms with E-state index in [1.807, 2.05) is 13.0 Å². The van der Waals surface area contributed by atoms with Crippen molar-refractivity contribution >= 4 is 5.95 Å². The average Bonchev–Trinajstić information content (AvgIpc) is 2.74. The molecule has 1 aromatic heterocycles. The van der Waals surface area contributed by atoms with Crippen LogP contribution in [0.1, 0.15) is 32.4 Å². The largest absolute Gasteiger partial charge is 0.353 e. The molecule has 1 aliphatic rings. The standard InChI is InChI=1S/C13H22N4/c1-10(2)17-8-4-5-12(17)9-15-13-14-7-6-11(3)16-13/h6-7,10,12H,4-5,8-9H2,1-3H3,(H,14,15,16)/t12-/m0/s1. The van der Waals surface area contributed by atoms with Crippen molar-refractivity contribution in [2.75, 3.05) is 18.4 Å². The summed E-state index contributed by atoms with van der Waals surface area (Å²) in [4.78, 5) is 11.2. The molecule has 2 rings (SSSR count). The number of aryl methyl sites for hydroxylation is 1. The van der Waals surface area contributed by atoms with Crippen molar-refractivity contribution in [1.29, 1.82) is 0 Å². The second-order valence-corrected chi connectivity index (χ2v) is 5.03. The van der Waals surface area contributed by atoms with Crippen molar-refractivity contribution in [1.82, 2.24) is 14.9 Å². The second kappa shape index (κ2) is 5.45. The molecule has 0 aromatic carbocycles. The fraction of sp³-hybridized carbons (Fsp3) is 0.692. The fourth-order valence-corrected chi connectivity index (χ4v) is 2.50. The smallest absolute Gasteiger partial charge is 0.222 e. The second-order valence-electron chi connectivity index (χ2n) is 5.03. The van der Waals surface area contributed by atoms with Crippen LogP contribution in [0, 0.1) is 6.92 Å². The summed E-state index contributed by atoms with van der Waals surface area (Å²) in [6.07, 6.45) is 4.38. The highest BCUT2D eigenvalue weighted by Gasteiger charge is 2.26. The number of aromatic nitrogens is 2. The molecule has 0 unspecified atom stereocenters. The first-order valence-electron chi connectivity index (χ1n) is 6.46.